The molecule has 1 aliphatic carbocycles. The van der Waals surface area contributed by atoms with E-state index in [-0.39, 0.29) is 0 Å². The first-order valence-corrected chi connectivity index (χ1v) is 7.80. The highest BCUT2D eigenvalue weighted by molar-refractivity contribution is 7.99. The number of hydrogen-bond donors (Lipinski definition) is 1. The predicted molar refractivity (Wildman–Crippen MR) is 86.2 cm³/mol. The van der Waals surface area contributed by atoms with Crippen molar-refractivity contribution < 1.29 is 0 Å². The fourth-order valence-corrected chi connectivity index (χ4v) is 2.70. The van der Waals surface area contributed by atoms with Crippen LogP contribution < -0.4 is 5.32 Å². The minimum absolute atomic E-state index is 1.01. The van der Waals surface area contributed by atoms with E-state index in [0.29, 0.717) is 0 Å². The summed E-state index contributed by atoms with van der Waals surface area (Å²) in [5, 5.41) is 3.38. The molecule has 0 atom stereocenters. The van der Waals surface area contributed by atoms with Gasteiger partial charge in [0.1, 0.15) is 0 Å². The molecule has 0 bridgehead atoms. The molecular formula is C16H23NS. The lowest BCUT2D eigenvalue weighted by molar-refractivity contribution is 1.41. The van der Waals surface area contributed by atoms with E-state index in [0.717, 1.165) is 12.3 Å². The van der Waals surface area contributed by atoms with Crippen molar-refractivity contribution >= 4 is 29.6 Å². The molecule has 3 rings (SSSR count). The Morgan fingerprint density at radius 3 is 2.22 bits per heavy atom. The standard InChI is InChI=1S/C12H11NS.2C2H6/c1-2-4-9-6-11-12(14-8-13-11)7-10(9)5-3-1;2*1-2/h2-7,13H,1,8H2;2*1-2H3. The first-order valence-electron chi connectivity index (χ1n) is 6.81. The molecule has 1 N–H and O–H groups in total. The highest BCUT2D eigenvalue weighted by Crippen LogP contribution is 2.37. The van der Waals surface area contributed by atoms with Crippen molar-refractivity contribution in [1.29, 1.82) is 0 Å². The minimum Gasteiger partial charge on any atom is -0.375 e. The summed E-state index contributed by atoms with van der Waals surface area (Å²) in [6.07, 6.45) is 9.88. The topological polar surface area (TPSA) is 12.0 Å². The summed E-state index contributed by atoms with van der Waals surface area (Å²) in [7, 11) is 0. The summed E-state index contributed by atoms with van der Waals surface area (Å²) < 4.78 is 0. The van der Waals surface area contributed by atoms with Gasteiger partial charge in [0.15, 0.2) is 0 Å². The van der Waals surface area contributed by atoms with E-state index in [2.05, 4.69) is 41.8 Å². The smallest absolute Gasteiger partial charge is 0.0658 e. The molecule has 0 unspecified atom stereocenters. The average Bonchev–Trinajstić information content (AvgIpc) is 2.77. The summed E-state index contributed by atoms with van der Waals surface area (Å²) in [4.78, 5) is 1.38. The molecule has 18 heavy (non-hydrogen) atoms. The van der Waals surface area contributed by atoms with Crippen LogP contribution in [0.25, 0.3) is 12.2 Å². The van der Waals surface area contributed by atoms with E-state index in [4.69, 9.17) is 0 Å². The molecular weight excluding hydrogens is 238 g/mol. The zero-order chi connectivity index (χ0) is 13.4. The van der Waals surface area contributed by atoms with Crippen LogP contribution in [0.4, 0.5) is 5.69 Å². The van der Waals surface area contributed by atoms with Gasteiger partial charge in [-0.2, -0.15) is 0 Å². The second-order valence-corrected chi connectivity index (χ2v) is 4.50. The van der Waals surface area contributed by atoms with Gasteiger partial charge in [-0.3, -0.25) is 0 Å². The second kappa shape index (κ2) is 8.04. The van der Waals surface area contributed by atoms with Gasteiger partial charge >= 0.3 is 0 Å². The molecule has 0 saturated carbocycles. The number of benzene rings is 1. The number of rotatable bonds is 0. The highest BCUT2D eigenvalue weighted by Gasteiger charge is 2.12. The van der Waals surface area contributed by atoms with Crippen molar-refractivity contribution in [1.82, 2.24) is 0 Å². The van der Waals surface area contributed by atoms with Crippen LogP contribution in [-0.2, 0) is 0 Å². The summed E-state index contributed by atoms with van der Waals surface area (Å²) in [5.74, 6) is 1.01. The van der Waals surface area contributed by atoms with Crippen LogP contribution in [0.15, 0.2) is 29.2 Å². The Balaban J connectivity index is 0.000000371. The number of fused-ring (bicyclic) bond motifs is 2. The zero-order valence-electron chi connectivity index (χ0n) is 11.8. The summed E-state index contributed by atoms with van der Waals surface area (Å²) in [6, 6.07) is 4.53. The third kappa shape index (κ3) is 3.42. The average molecular weight is 261 g/mol. The van der Waals surface area contributed by atoms with Crippen molar-refractivity contribution in [2.24, 2.45) is 0 Å². The number of nitrogens with one attached hydrogen (secondary N) is 1. The van der Waals surface area contributed by atoms with Crippen LogP contribution in [0.3, 0.4) is 0 Å². The summed E-state index contributed by atoms with van der Waals surface area (Å²) in [6.45, 7) is 8.00. The number of hydrogen-bond acceptors (Lipinski definition) is 2. The van der Waals surface area contributed by atoms with E-state index in [9.17, 15) is 0 Å². The molecule has 1 heterocycles. The number of thioether (sulfide) groups is 1. The van der Waals surface area contributed by atoms with Gasteiger partial charge < -0.3 is 5.32 Å². The van der Waals surface area contributed by atoms with Gasteiger partial charge in [-0.25, -0.2) is 0 Å². The van der Waals surface area contributed by atoms with Gasteiger partial charge in [0.25, 0.3) is 0 Å². The Labute approximate surface area is 115 Å². The van der Waals surface area contributed by atoms with Gasteiger partial charge in [-0.05, 0) is 29.7 Å². The van der Waals surface area contributed by atoms with Gasteiger partial charge in [-0.15, -0.1) is 11.8 Å². The Morgan fingerprint density at radius 2 is 1.56 bits per heavy atom. The van der Waals surface area contributed by atoms with Gasteiger partial charge in [0.05, 0.1) is 5.88 Å². The van der Waals surface area contributed by atoms with Gasteiger partial charge in [0, 0.05) is 10.6 Å². The molecule has 2 aliphatic rings. The first-order chi connectivity index (χ1) is 8.93. The predicted octanol–water partition coefficient (Wildman–Crippen LogP) is 5.64. The maximum atomic E-state index is 3.38. The molecule has 0 fully saturated rings. The molecule has 0 spiro atoms. The van der Waals surface area contributed by atoms with E-state index >= 15 is 0 Å². The normalized spacial score (nSPS) is 14.0. The van der Waals surface area contributed by atoms with Crippen LogP contribution in [-0.4, -0.2) is 5.88 Å². The molecule has 1 nitrogen and oxygen atoms in total. The van der Waals surface area contributed by atoms with Crippen LogP contribution in [0.2, 0.25) is 0 Å². The maximum Gasteiger partial charge on any atom is 0.0658 e. The molecule has 0 aromatic heterocycles. The Morgan fingerprint density at radius 1 is 0.944 bits per heavy atom. The van der Waals surface area contributed by atoms with Crippen molar-refractivity contribution in [3.05, 3.63) is 35.4 Å². The third-order valence-corrected chi connectivity index (χ3v) is 3.48. The molecule has 0 amide bonds. The molecule has 98 valence electrons. The fourth-order valence-electron chi connectivity index (χ4n) is 1.82. The van der Waals surface area contributed by atoms with Crippen molar-refractivity contribution in [3.8, 4) is 0 Å². The highest BCUT2D eigenvalue weighted by atomic mass is 32.2. The van der Waals surface area contributed by atoms with Gasteiger partial charge in [0.2, 0.25) is 0 Å². The van der Waals surface area contributed by atoms with Crippen LogP contribution >= 0.6 is 11.8 Å². The van der Waals surface area contributed by atoms with Crippen LogP contribution in [0, 0.1) is 0 Å². The Bertz CT molecular complexity index is 394. The number of anilines is 1. The summed E-state index contributed by atoms with van der Waals surface area (Å²) in [5.41, 5.74) is 3.95. The van der Waals surface area contributed by atoms with E-state index < -0.39 is 0 Å². The molecule has 1 aromatic rings. The largest absolute Gasteiger partial charge is 0.375 e. The van der Waals surface area contributed by atoms with Crippen molar-refractivity contribution in [2.75, 3.05) is 11.2 Å². The summed E-state index contributed by atoms with van der Waals surface area (Å²) >= 11 is 1.88. The Hall–Kier alpha value is -1.15. The molecule has 0 saturated heterocycles. The lowest BCUT2D eigenvalue weighted by atomic mass is 10.1. The minimum atomic E-state index is 1.01. The maximum absolute atomic E-state index is 3.38. The third-order valence-electron chi connectivity index (χ3n) is 2.54. The van der Waals surface area contributed by atoms with Crippen LogP contribution in [0.5, 0.6) is 0 Å². The lowest BCUT2D eigenvalue weighted by Crippen LogP contribution is -1.89. The van der Waals surface area contributed by atoms with Crippen molar-refractivity contribution in [2.45, 2.75) is 39.0 Å². The Kier molecular flexibility index (Phi) is 6.66. The molecule has 1 aromatic carbocycles. The molecule has 2 heteroatoms. The molecule has 1 aliphatic heterocycles. The quantitative estimate of drug-likeness (QED) is 0.648. The first kappa shape index (κ1) is 14.9. The second-order valence-electron chi connectivity index (χ2n) is 3.48. The molecule has 0 radical (unpaired) electrons. The fraction of sp³-hybridized carbons (Fsp3) is 0.375. The van der Waals surface area contributed by atoms with E-state index in [1.54, 1.807) is 0 Å². The number of allylic oxidation sites excluding steroid dienone is 2. The van der Waals surface area contributed by atoms with Crippen LogP contribution in [0.1, 0.15) is 45.2 Å². The lowest BCUT2D eigenvalue weighted by Gasteiger charge is -2.04. The SMILES string of the molecule is C1=Cc2cc3c(cc2C=CC1)SCN3.CC.CC. The van der Waals surface area contributed by atoms with E-state index in [1.807, 2.05) is 39.5 Å². The van der Waals surface area contributed by atoms with E-state index in [1.165, 1.54) is 21.7 Å². The van der Waals surface area contributed by atoms with Crippen molar-refractivity contribution in [3.63, 3.8) is 0 Å². The monoisotopic (exact) mass is 261 g/mol. The van der Waals surface area contributed by atoms with Gasteiger partial charge in [-0.1, -0.05) is 52.0 Å². The zero-order valence-corrected chi connectivity index (χ0v) is 12.6.